The van der Waals surface area contributed by atoms with E-state index in [0.29, 0.717) is 12.5 Å². The van der Waals surface area contributed by atoms with Crippen molar-refractivity contribution in [3.8, 4) is 11.8 Å². The van der Waals surface area contributed by atoms with Crippen molar-refractivity contribution < 1.29 is 9.53 Å². The van der Waals surface area contributed by atoms with Gasteiger partial charge in [0, 0.05) is 24.5 Å². The quantitative estimate of drug-likeness (QED) is 0.783. The highest BCUT2D eigenvalue weighted by molar-refractivity contribution is 5.87. The molecule has 1 fully saturated rings. The number of ketones is 1. The number of hydrogen-bond acceptors (Lipinski definition) is 2. The molecule has 0 spiro atoms. The van der Waals surface area contributed by atoms with E-state index in [1.54, 1.807) is 0 Å². The predicted molar refractivity (Wildman–Crippen MR) is 80.2 cm³/mol. The fourth-order valence-corrected chi connectivity index (χ4v) is 2.82. The van der Waals surface area contributed by atoms with Crippen molar-refractivity contribution in [1.29, 1.82) is 0 Å². The van der Waals surface area contributed by atoms with Crippen LogP contribution in [-0.2, 0) is 9.53 Å². The Bertz CT molecular complexity index is 495. The second-order valence-electron chi connectivity index (χ2n) is 5.38. The lowest BCUT2D eigenvalue weighted by molar-refractivity contribution is -0.131. The summed E-state index contributed by atoms with van der Waals surface area (Å²) in [7, 11) is 0. The fourth-order valence-electron chi connectivity index (χ4n) is 2.82. The van der Waals surface area contributed by atoms with Crippen LogP contribution in [0.2, 0.25) is 0 Å². The summed E-state index contributed by atoms with van der Waals surface area (Å²) in [6, 6.07) is 10.00. The zero-order chi connectivity index (χ0) is 14.4. The number of rotatable bonds is 4. The van der Waals surface area contributed by atoms with Crippen molar-refractivity contribution in [2.75, 3.05) is 6.61 Å². The van der Waals surface area contributed by atoms with Crippen LogP contribution in [0.1, 0.15) is 38.7 Å². The van der Waals surface area contributed by atoms with Crippen LogP contribution in [0, 0.1) is 23.7 Å². The minimum Gasteiger partial charge on any atom is -0.370 e. The van der Waals surface area contributed by atoms with Gasteiger partial charge in [-0.05, 0) is 37.8 Å². The topological polar surface area (TPSA) is 26.3 Å². The molecule has 1 saturated carbocycles. The monoisotopic (exact) mass is 270 g/mol. The first-order chi connectivity index (χ1) is 9.72. The van der Waals surface area contributed by atoms with Gasteiger partial charge in [-0.2, -0.15) is 0 Å². The zero-order valence-corrected chi connectivity index (χ0v) is 12.3. The van der Waals surface area contributed by atoms with Gasteiger partial charge in [0.05, 0.1) is 0 Å². The summed E-state index contributed by atoms with van der Waals surface area (Å²) in [6.45, 7) is 4.56. The standard InChI is InChI=1S/C18H22O2/c1-3-20-18-16(13-14(2)17(18)19)12-8-7-11-15-9-5-4-6-10-15/h4-6,9-10,14,16,18H,3,8,12-13H2,1-2H3. The van der Waals surface area contributed by atoms with Crippen molar-refractivity contribution in [2.24, 2.45) is 11.8 Å². The highest BCUT2D eigenvalue weighted by Gasteiger charge is 2.39. The summed E-state index contributed by atoms with van der Waals surface area (Å²) in [4.78, 5) is 12.0. The number of carbonyl (C=O) groups is 1. The lowest BCUT2D eigenvalue weighted by Gasteiger charge is -2.16. The van der Waals surface area contributed by atoms with Crippen molar-refractivity contribution in [3.05, 3.63) is 35.9 Å². The molecule has 20 heavy (non-hydrogen) atoms. The van der Waals surface area contributed by atoms with E-state index in [-0.39, 0.29) is 17.8 Å². The molecular formula is C18H22O2. The molecule has 2 nitrogen and oxygen atoms in total. The van der Waals surface area contributed by atoms with E-state index >= 15 is 0 Å². The van der Waals surface area contributed by atoms with Crippen LogP contribution in [0.4, 0.5) is 0 Å². The average molecular weight is 270 g/mol. The van der Waals surface area contributed by atoms with Crippen LogP contribution in [0.3, 0.4) is 0 Å². The molecule has 0 radical (unpaired) electrons. The molecule has 0 amide bonds. The maximum absolute atomic E-state index is 12.0. The molecule has 0 saturated heterocycles. The van der Waals surface area contributed by atoms with Gasteiger partial charge in [0.1, 0.15) is 6.10 Å². The van der Waals surface area contributed by atoms with E-state index in [4.69, 9.17) is 4.74 Å². The SMILES string of the molecule is CCOC1C(=O)C(C)CC1CCC#Cc1ccccc1. The third-order valence-electron chi connectivity index (χ3n) is 3.84. The van der Waals surface area contributed by atoms with E-state index in [0.717, 1.165) is 24.8 Å². The van der Waals surface area contributed by atoms with Crippen LogP contribution in [0.5, 0.6) is 0 Å². The number of hydrogen-bond donors (Lipinski definition) is 0. The summed E-state index contributed by atoms with van der Waals surface area (Å²) in [5.74, 6) is 7.11. The Balaban J connectivity index is 1.87. The van der Waals surface area contributed by atoms with Gasteiger partial charge in [0.15, 0.2) is 5.78 Å². The molecule has 0 heterocycles. The third-order valence-corrected chi connectivity index (χ3v) is 3.84. The Morgan fingerprint density at radius 1 is 1.30 bits per heavy atom. The summed E-state index contributed by atoms with van der Waals surface area (Å²) in [5, 5.41) is 0. The van der Waals surface area contributed by atoms with Crippen molar-refractivity contribution in [2.45, 2.75) is 39.2 Å². The van der Waals surface area contributed by atoms with Crippen molar-refractivity contribution in [1.82, 2.24) is 0 Å². The van der Waals surface area contributed by atoms with E-state index in [1.165, 1.54) is 0 Å². The molecule has 1 aromatic carbocycles. The summed E-state index contributed by atoms with van der Waals surface area (Å²) < 4.78 is 5.62. The van der Waals surface area contributed by atoms with E-state index in [9.17, 15) is 4.79 Å². The number of benzene rings is 1. The zero-order valence-electron chi connectivity index (χ0n) is 12.3. The largest absolute Gasteiger partial charge is 0.370 e. The molecule has 3 atom stereocenters. The molecule has 0 bridgehead atoms. The van der Waals surface area contributed by atoms with Gasteiger partial charge in [0.2, 0.25) is 0 Å². The maximum Gasteiger partial charge on any atom is 0.164 e. The maximum atomic E-state index is 12.0. The van der Waals surface area contributed by atoms with Gasteiger partial charge < -0.3 is 4.74 Å². The first-order valence-electron chi connectivity index (χ1n) is 7.41. The minimum absolute atomic E-state index is 0.138. The first-order valence-corrected chi connectivity index (χ1v) is 7.41. The van der Waals surface area contributed by atoms with Crippen LogP contribution >= 0.6 is 0 Å². The molecule has 0 N–H and O–H groups in total. The van der Waals surface area contributed by atoms with Gasteiger partial charge in [-0.25, -0.2) is 0 Å². The second-order valence-corrected chi connectivity index (χ2v) is 5.38. The Morgan fingerprint density at radius 3 is 2.75 bits per heavy atom. The fraction of sp³-hybridized carbons (Fsp3) is 0.500. The molecule has 2 heteroatoms. The molecule has 1 aliphatic rings. The summed E-state index contributed by atoms with van der Waals surface area (Å²) in [5.41, 5.74) is 1.05. The van der Waals surface area contributed by atoms with Gasteiger partial charge in [-0.1, -0.05) is 37.0 Å². The van der Waals surface area contributed by atoms with Gasteiger partial charge in [-0.3, -0.25) is 4.79 Å². The number of carbonyl (C=O) groups excluding carboxylic acids is 1. The van der Waals surface area contributed by atoms with Gasteiger partial charge in [-0.15, -0.1) is 0 Å². The molecule has 106 valence electrons. The highest BCUT2D eigenvalue weighted by Crippen LogP contribution is 2.33. The minimum atomic E-state index is -0.200. The Hall–Kier alpha value is -1.59. The van der Waals surface area contributed by atoms with Crippen LogP contribution in [0.25, 0.3) is 0 Å². The molecule has 0 aliphatic heterocycles. The van der Waals surface area contributed by atoms with Crippen LogP contribution in [0.15, 0.2) is 30.3 Å². The molecule has 3 unspecified atom stereocenters. The predicted octanol–water partition coefficient (Wildman–Crippen LogP) is 3.45. The van der Waals surface area contributed by atoms with Gasteiger partial charge >= 0.3 is 0 Å². The number of ether oxygens (including phenoxy) is 1. The molecule has 2 rings (SSSR count). The lowest BCUT2D eigenvalue weighted by Crippen LogP contribution is -2.26. The first kappa shape index (κ1) is 14.8. The Morgan fingerprint density at radius 2 is 2.05 bits per heavy atom. The second kappa shape index (κ2) is 7.26. The molecule has 0 aromatic heterocycles. The third kappa shape index (κ3) is 3.71. The highest BCUT2D eigenvalue weighted by atomic mass is 16.5. The lowest BCUT2D eigenvalue weighted by atomic mass is 9.98. The molecular weight excluding hydrogens is 248 g/mol. The Labute approximate surface area is 121 Å². The van der Waals surface area contributed by atoms with Crippen molar-refractivity contribution >= 4 is 5.78 Å². The molecule has 1 aromatic rings. The van der Waals surface area contributed by atoms with E-state index < -0.39 is 0 Å². The van der Waals surface area contributed by atoms with Crippen LogP contribution < -0.4 is 0 Å². The number of Topliss-reactive ketones (excluding diaryl/α,β-unsaturated/α-hetero) is 1. The van der Waals surface area contributed by atoms with Gasteiger partial charge in [0.25, 0.3) is 0 Å². The van der Waals surface area contributed by atoms with E-state index in [1.807, 2.05) is 44.2 Å². The summed E-state index contributed by atoms with van der Waals surface area (Å²) >= 11 is 0. The van der Waals surface area contributed by atoms with Crippen LogP contribution in [-0.4, -0.2) is 18.5 Å². The summed E-state index contributed by atoms with van der Waals surface area (Å²) in [6.07, 6.45) is 2.51. The average Bonchev–Trinajstić information content (AvgIpc) is 2.73. The molecule has 1 aliphatic carbocycles. The van der Waals surface area contributed by atoms with Crippen molar-refractivity contribution in [3.63, 3.8) is 0 Å². The Kier molecular flexibility index (Phi) is 5.38. The smallest absolute Gasteiger partial charge is 0.164 e. The normalized spacial score (nSPS) is 25.3. The van der Waals surface area contributed by atoms with E-state index in [2.05, 4.69) is 11.8 Å².